The van der Waals surface area contributed by atoms with E-state index in [9.17, 15) is 13.2 Å². The van der Waals surface area contributed by atoms with E-state index in [2.05, 4.69) is 22.3 Å². The van der Waals surface area contributed by atoms with Gasteiger partial charge < -0.3 is 0 Å². The van der Waals surface area contributed by atoms with Crippen LogP contribution in [0.4, 0.5) is 5.13 Å². The zero-order chi connectivity index (χ0) is 13.9. The summed E-state index contributed by atoms with van der Waals surface area (Å²) in [6.45, 7) is 0. The van der Waals surface area contributed by atoms with Crippen LogP contribution in [0.3, 0.4) is 0 Å². The number of thiazole rings is 1. The Labute approximate surface area is 120 Å². The minimum absolute atomic E-state index is 0.0819. The van der Waals surface area contributed by atoms with Crippen LogP contribution in [0, 0.1) is 0 Å². The maximum atomic E-state index is 12.0. The van der Waals surface area contributed by atoms with Crippen molar-refractivity contribution >= 4 is 44.9 Å². The van der Waals surface area contributed by atoms with E-state index >= 15 is 0 Å². The highest BCUT2D eigenvalue weighted by Gasteiger charge is 2.15. The number of rotatable bonds is 5. The predicted molar refractivity (Wildman–Crippen MR) is 77.5 cm³/mol. The number of sulfonamides is 1. The average molecular weight is 314 g/mol. The second-order valence-electron chi connectivity index (χ2n) is 3.55. The molecule has 0 amide bonds. The number of carbonyl (C=O) groups is 1. The van der Waals surface area contributed by atoms with Crippen LogP contribution in [0.25, 0.3) is 0 Å². The molecule has 5 nitrogen and oxygen atoms in total. The van der Waals surface area contributed by atoms with Gasteiger partial charge in [-0.1, -0.05) is 12.1 Å². The Hall–Kier alpha value is -1.38. The maximum Gasteiger partial charge on any atom is 0.263 e. The van der Waals surface area contributed by atoms with Gasteiger partial charge in [-0.3, -0.25) is 9.52 Å². The molecule has 19 heavy (non-hydrogen) atoms. The average Bonchev–Trinajstić information content (AvgIpc) is 2.90. The van der Waals surface area contributed by atoms with E-state index in [0.29, 0.717) is 10.7 Å². The lowest BCUT2D eigenvalue weighted by atomic mass is 10.1. The van der Waals surface area contributed by atoms with E-state index in [0.717, 1.165) is 0 Å². The van der Waals surface area contributed by atoms with Crippen molar-refractivity contribution in [1.29, 1.82) is 0 Å². The highest BCUT2D eigenvalue weighted by molar-refractivity contribution is 7.93. The first-order chi connectivity index (χ1) is 9.03. The SMILES string of the molecule is O=C(CS)c1ccc(S(=O)(=O)Nc2nccs2)cc1. The van der Waals surface area contributed by atoms with Gasteiger partial charge in [0.1, 0.15) is 0 Å². The topological polar surface area (TPSA) is 76.1 Å². The number of nitrogens with one attached hydrogen (secondary N) is 1. The molecule has 0 aliphatic rings. The predicted octanol–water partition coefficient (Wildman–Crippen LogP) is 2.06. The first kappa shape index (κ1) is 14.0. The molecule has 2 aromatic rings. The van der Waals surface area contributed by atoms with Gasteiger partial charge in [0.15, 0.2) is 10.9 Å². The van der Waals surface area contributed by atoms with E-state index in [1.807, 2.05) is 0 Å². The summed E-state index contributed by atoms with van der Waals surface area (Å²) >= 11 is 5.07. The van der Waals surface area contributed by atoms with Crippen molar-refractivity contribution in [2.75, 3.05) is 10.5 Å². The van der Waals surface area contributed by atoms with E-state index in [1.54, 1.807) is 5.38 Å². The standard InChI is InChI=1S/C11H10N2O3S3/c14-10(7-17)8-1-3-9(4-2-8)19(15,16)13-11-12-5-6-18-11/h1-6,17H,7H2,(H,12,13). The van der Waals surface area contributed by atoms with Gasteiger partial charge in [0, 0.05) is 17.1 Å². The summed E-state index contributed by atoms with van der Waals surface area (Å²) < 4.78 is 26.4. The van der Waals surface area contributed by atoms with Crippen LogP contribution >= 0.6 is 24.0 Å². The molecule has 0 spiro atoms. The summed E-state index contributed by atoms with van der Waals surface area (Å²) in [7, 11) is -3.66. The third kappa shape index (κ3) is 3.34. The van der Waals surface area contributed by atoms with E-state index in [-0.39, 0.29) is 16.4 Å². The Morgan fingerprint density at radius 1 is 1.32 bits per heavy atom. The van der Waals surface area contributed by atoms with Crippen LogP contribution in [0.1, 0.15) is 10.4 Å². The largest absolute Gasteiger partial charge is 0.293 e. The quantitative estimate of drug-likeness (QED) is 0.654. The van der Waals surface area contributed by atoms with Crippen LogP contribution in [0.15, 0.2) is 40.7 Å². The number of aromatic nitrogens is 1. The van der Waals surface area contributed by atoms with Crippen LogP contribution in [-0.2, 0) is 10.0 Å². The molecule has 2 rings (SSSR count). The van der Waals surface area contributed by atoms with Crippen molar-refractivity contribution in [2.45, 2.75) is 4.90 Å². The van der Waals surface area contributed by atoms with Gasteiger partial charge in [-0.2, -0.15) is 12.6 Å². The molecule has 0 aliphatic carbocycles. The highest BCUT2D eigenvalue weighted by Crippen LogP contribution is 2.18. The van der Waals surface area contributed by atoms with E-state index in [4.69, 9.17) is 0 Å². The molecular formula is C11H10N2O3S3. The summed E-state index contributed by atoms with van der Waals surface area (Å²) in [5.74, 6) is -0.0659. The van der Waals surface area contributed by atoms with Crippen LogP contribution < -0.4 is 4.72 Å². The van der Waals surface area contributed by atoms with Gasteiger partial charge in [-0.15, -0.1) is 11.3 Å². The van der Waals surface area contributed by atoms with Gasteiger partial charge >= 0.3 is 0 Å². The lowest BCUT2D eigenvalue weighted by molar-refractivity contribution is 0.102. The van der Waals surface area contributed by atoms with Crippen molar-refractivity contribution in [3.8, 4) is 0 Å². The second-order valence-corrected chi connectivity index (χ2v) is 6.44. The summed E-state index contributed by atoms with van der Waals surface area (Å²) in [5, 5.41) is 1.97. The van der Waals surface area contributed by atoms with Crippen molar-refractivity contribution in [2.24, 2.45) is 0 Å². The Morgan fingerprint density at radius 3 is 2.53 bits per heavy atom. The van der Waals surface area contributed by atoms with Gasteiger partial charge in [-0.25, -0.2) is 13.4 Å². The number of Topliss-reactive ketones (excluding diaryl/α,β-unsaturated/α-hetero) is 1. The third-order valence-corrected chi connectivity index (χ3v) is 4.74. The molecule has 0 saturated heterocycles. The van der Waals surface area contributed by atoms with Crippen LogP contribution in [-0.4, -0.2) is 24.9 Å². The molecule has 1 aromatic carbocycles. The Morgan fingerprint density at radius 2 is 2.00 bits per heavy atom. The molecule has 0 unspecified atom stereocenters. The fourth-order valence-electron chi connectivity index (χ4n) is 1.36. The van der Waals surface area contributed by atoms with Crippen LogP contribution in [0.2, 0.25) is 0 Å². The normalized spacial score (nSPS) is 11.2. The maximum absolute atomic E-state index is 12.0. The second kappa shape index (κ2) is 5.72. The smallest absolute Gasteiger partial charge is 0.263 e. The van der Waals surface area contributed by atoms with Crippen LogP contribution in [0.5, 0.6) is 0 Å². The number of nitrogens with zero attached hydrogens (tertiary/aromatic N) is 1. The molecule has 0 saturated carbocycles. The molecule has 0 aliphatic heterocycles. The minimum Gasteiger partial charge on any atom is -0.293 e. The molecule has 1 N–H and O–H groups in total. The summed E-state index contributed by atoms with van der Waals surface area (Å²) in [6.07, 6.45) is 1.51. The van der Waals surface area contributed by atoms with Gasteiger partial charge in [0.05, 0.1) is 10.6 Å². The van der Waals surface area contributed by atoms with Crippen molar-refractivity contribution in [3.05, 3.63) is 41.4 Å². The number of hydrogen-bond acceptors (Lipinski definition) is 6. The molecule has 100 valence electrons. The molecule has 0 radical (unpaired) electrons. The number of benzene rings is 1. The molecular weight excluding hydrogens is 304 g/mol. The van der Waals surface area contributed by atoms with E-state index < -0.39 is 10.0 Å². The molecule has 0 fully saturated rings. The minimum atomic E-state index is -3.66. The number of carbonyl (C=O) groups excluding carboxylic acids is 1. The Bertz CT molecular complexity index is 664. The van der Waals surface area contributed by atoms with Gasteiger partial charge in [0.25, 0.3) is 10.0 Å². The monoisotopic (exact) mass is 314 g/mol. The Kier molecular flexibility index (Phi) is 4.23. The van der Waals surface area contributed by atoms with Crippen molar-refractivity contribution in [1.82, 2.24) is 4.98 Å². The van der Waals surface area contributed by atoms with E-state index in [1.165, 1.54) is 41.8 Å². The van der Waals surface area contributed by atoms with Crippen molar-refractivity contribution < 1.29 is 13.2 Å². The first-order valence-corrected chi connectivity index (χ1v) is 8.19. The van der Waals surface area contributed by atoms with Crippen molar-refractivity contribution in [3.63, 3.8) is 0 Å². The van der Waals surface area contributed by atoms with Gasteiger partial charge in [-0.05, 0) is 12.1 Å². The fourth-order valence-corrected chi connectivity index (χ4v) is 3.33. The zero-order valence-electron chi connectivity index (χ0n) is 9.61. The number of thiol groups is 1. The summed E-state index contributed by atoms with van der Waals surface area (Å²) in [4.78, 5) is 15.3. The number of anilines is 1. The molecule has 1 heterocycles. The fraction of sp³-hybridized carbons (Fsp3) is 0.0909. The lowest BCUT2D eigenvalue weighted by Crippen LogP contribution is -2.13. The number of ketones is 1. The third-order valence-electron chi connectivity index (χ3n) is 2.28. The molecule has 8 heteroatoms. The molecule has 1 aromatic heterocycles. The number of hydrogen-bond donors (Lipinski definition) is 2. The summed E-state index contributed by atoms with van der Waals surface area (Å²) in [6, 6.07) is 5.70. The molecule has 0 bridgehead atoms. The lowest BCUT2D eigenvalue weighted by Gasteiger charge is -2.05. The Balaban J connectivity index is 2.24. The summed E-state index contributed by atoms with van der Waals surface area (Å²) in [5.41, 5.74) is 0.434. The zero-order valence-corrected chi connectivity index (χ0v) is 12.1. The van der Waals surface area contributed by atoms with Gasteiger partial charge in [0.2, 0.25) is 0 Å². The first-order valence-electron chi connectivity index (χ1n) is 5.19. The molecule has 0 atom stereocenters. The highest BCUT2D eigenvalue weighted by atomic mass is 32.2.